The molecule has 0 radical (unpaired) electrons. The quantitative estimate of drug-likeness (QED) is 0.690. The molecule has 0 unspecified atom stereocenters. The third-order valence-corrected chi connectivity index (χ3v) is 1.74. The van der Waals surface area contributed by atoms with Crippen LogP contribution in [0.5, 0.6) is 0 Å². The maximum absolute atomic E-state index is 10.3. The van der Waals surface area contributed by atoms with Crippen LogP contribution in [0.15, 0.2) is 4.99 Å². The molecule has 0 aliphatic carbocycles. The highest BCUT2D eigenvalue weighted by Gasteiger charge is 2.20. The van der Waals surface area contributed by atoms with Gasteiger partial charge in [-0.2, -0.15) is 0 Å². The molecule has 1 atom stereocenters. The lowest BCUT2D eigenvalue weighted by Crippen LogP contribution is -2.07. The predicted octanol–water partition coefficient (Wildman–Crippen LogP) is 1.06. The third kappa shape index (κ3) is 2.53. The Morgan fingerprint density at radius 3 is 3.17 bits per heavy atom. The smallest absolute Gasteiger partial charge is 0.305 e. The van der Waals surface area contributed by atoms with Gasteiger partial charge in [-0.1, -0.05) is 0 Å². The molecule has 0 aromatic rings. The van der Waals surface area contributed by atoms with Gasteiger partial charge in [0.05, 0.1) is 19.1 Å². The Bertz CT molecular complexity index is 200. The van der Waals surface area contributed by atoms with Crippen LogP contribution in [0, 0.1) is 0 Å². The van der Waals surface area contributed by atoms with Crippen molar-refractivity contribution in [3.63, 3.8) is 0 Å². The lowest BCUT2D eigenvalue weighted by atomic mass is 10.1. The average molecular weight is 171 g/mol. The standard InChI is InChI=1S/C8H13NO3/c1-2-12-7-4-3-6(9-7)5-8(10)11/h6H,2-5H2,1H3,(H,10,11)/t6-/m0/s1. The second-order valence-electron chi connectivity index (χ2n) is 2.75. The van der Waals surface area contributed by atoms with Crippen molar-refractivity contribution < 1.29 is 14.6 Å². The summed E-state index contributed by atoms with van der Waals surface area (Å²) in [5, 5.41) is 8.48. The van der Waals surface area contributed by atoms with E-state index < -0.39 is 5.97 Å². The highest BCUT2D eigenvalue weighted by molar-refractivity contribution is 5.79. The summed E-state index contributed by atoms with van der Waals surface area (Å²) < 4.78 is 5.17. The molecule has 0 fully saturated rings. The summed E-state index contributed by atoms with van der Waals surface area (Å²) in [4.78, 5) is 14.4. The van der Waals surface area contributed by atoms with E-state index in [0.29, 0.717) is 12.5 Å². The summed E-state index contributed by atoms with van der Waals surface area (Å²) in [5.41, 5.74) is 0. The van der Waals surface area contributed by atoms with Crippen LogP contribution in [0.3, 0.4) is 0 Å². The second-order valence-corrected chi connectivity index (χ2v) is 2.75. The number of nitrogens with zero attached hydrogens (tertiary/aromatic N) is 1. The van der Waals surface area contributed by atoms with Crippen molar-refractivity contribution in [2.75, 3.05) is 6.61 Å². The molecular weight excluding hydrogens is 158 g/mol. The zero-order chi connectivity index (χ0) is 8.97. The molecule has 0 spiro atoms. The van der Waals surface area contributed by atoms with E-state index in [9.17, 15) is 4.79 Å². The summed E-state index contributed by atoms with van der Waals surface area (Å²) in [7, 11) is 0. The van der Waals surface area contributed by atoms with Crippen LogP contribution in [0.2, 0.25) is 0 Å². The molecule has 1 aliphatic heterocycles. The number of carboxylic acid groups (broad SMARTS) is 1. The van der Waals surface area contributed by atoms with E-state index in [2.05, 4.69) is 4.99 Å². The van der Waals surface area contributed by atoms with Crippen LogP contribution in [0.25, 0.3) is 0 Å². The molecule has 0 bridgehead atoms. The Labute approximate surface area is 71.3 Å². The Kier molecular flexibility index (Phi) is 3.08. The van der Waals surface area contributed by atoms with Gasteiger partial charge in [0.25, 0.3) is 0 Å². The predicted molar refractivity (Wildman–Crippen MR) is 44.3 cm³/mol. The zero-order valence-electron chi connectivity index (χ0n) is 7.12. The largest absolute Gasteiger partial charge is 0.481 e. The maximum atomic E-state index is 10.3. The molecular formula is C8H13NO3. The van der Waals surface area contributed by atoms with E-state index in [1.54, 1.807) is 0 Å². The number of hydrogen-bond acceptors (Lipinski definition) is 3. The summed E-state index contributed by atoms with van der Waals surface area (Å²) in [6.45, 7) is 2.51. The van der Waals surface area contributed by atoms with Crippen molar-refractivity contribution in [1.82, 2.24) is 0 Å². The number of carboxylic acids is 1. The molecule has 1 N–H and O–H groups in total. The fourth-order valence-electron chi connectivity index (χ4n) is 1.25. The Hall–Kier alpha value is -1.06. The maximum Gasteiger partial charge on any atom is 0.305 e. The molecule has 0 saturated carbocycles. The fourth-order valence-corrected chi connectivity index (χ4v) is 1.25. The normalized spacial score (nSPS) is 22.1. The molecule has 4 heteroatoms. The molecule has 0 aromatic carbocycles. The Balaban J connectivity index is 2.36. The first-order chi connectivity index (χ1) is 5.72. The molecule has 1 heterocycles. The topological polar surface area (TPSA) is 58.9 Å². The SMILES string of the molecule is CCOC1=N[C@H](CC(=O)O)CC1. The molecule has 0 amide bonds. The van der Waals surface area contributed by atoms with Crippen molar-refractivity contribution in [3.8, 4) is 0 Å². The van der Waals surface area contributed by atoms with Crippen LogP contribution in [-0.4, -0.2) is 29.6 Å². The highest BCUT2D eigenvalue weighted by atomic mass is 16.5. The van der Waals surface area contributed by atoms with E-state index in [1.165, 1.54) is 0 Å². The minimum absolute atomic E-state index is 0.0657. The van der Waals surface area contributed by atoms with E-state index in [4.69, 9.17) is 9.84 Å². The van der Waals surface area contributed by atoms with Crippen LogP contribution in [0.4, 0.5) is 0 Å². The molecule has 0 saturated heterocycles. The Morgan fingerprint density at radius 2 is 2.58 bits per heavy atom. The van der Waals surface area contributed by atoms with E-state index in [-0.39, 0.29) is 12.5 Å². The molecule has 68 valence electrons. The van der Waals surface area contributed by atoms with Crippen LogP contribution >= 0.6 is 0 Å². The van der Waals surface area contributed by atoms with Crippen molar-refractivity contribution in [1.29, 1.82) is 0 Å². The first-order valence-electron chi connectivity index (χ1n) is 4.13. The van der Waals surface area contributed by atoms with Gasteiger partial charge in [0, 0.05) is 6.42 Å². The van der Waals surface area contributed by atoms with Gasteiger partial charge < -0.3 is 9.84 Å². The number of carbonyl (C=O) groups is 1. The van der Waals surface area contributed by atoms with Gasteiger partial charge in [-0.25, -0.2) is 0 Å². The number of rotatable bonds is 3. The zero-order valence-corrected chi connectivity index (χ0v) is 7.12. The average Bonchev–Trinajstić information content (AvgIpc) is 2.36. The Morgan fingerprint density at radius 1 is 1.83 bits per heavy atom. The van der Waals surface area contributed by atoms with Gasteiger partial charge in [0.1, 0.15) is 0 Å². The first kappa shape index (κ1) is 9.03. The van der Waals surface area contributed by atoms with Gasteiger partial charge in [-0.3, -0.25) is 9.79 Å². The first-order valence-corrected chi connectivity index (χ1v) is 4.13. The second kappa shape index (κ2) is 4.09. The summed E-state index contributed by atoms with van der Waals surface area (Å²) in [6, 6.07) is -0.0657. The lowest BCUT2D eigenvalue weighted by Gasteiger charge is -1.99. The van der Waals surface area contributed by atoms with Gasteiger partial charge in [-0.05, 0) is 13.3 Å². The number of hydrogen-bond donors (Lipinski definition) is 1. The minimum Gasteiger partial charge on any atom is -0.481 e. The van der Waals surface area contributed by atoms with Crippen molar-refractivity contribution in [2.24, 2.45) is 4.99 Å². The van der Waals surface area contributed by atoms with Gasteiger partial charge in [0.2, 0.25) is 0 Å². The monoisotopic (exact) mass is 171 g/mol. The lowest BCUT2D eigenvalue weighted by molar-refractivity contribution is -0.137. The van der Waals surface area contributed by atoms with Gasteiger partial charge in [0.15, 0.2) is 5.90 Å². The molecule has 0 aromatic heterocycles. The van der Waals surface area contributed by atoms with Crippen LogP contribution in [0.1, 0.15) is 26.2 Å². The number of aliphatic carboxylic acids is 1. The van der Waals surface area contributed by atoms with E-state index in [0.717, 1.165) is 12.8 Å². The van der Waals surface area contributed by atoms with E-state index in [1.807, 2.05) is 6.92 Å². The molecule has 12 heavy (non-hydrogen) atoms. The number of ether oxygens (including phenoxy) is 1. The fraction of sp³-hybridized carbons (Fsp3) is 0.750. The third-order valence-electron chi connectivity index (χ3n) is 1.74. The summed E-state index contributed by atoms with van der Waals surface area (Å²) in [5.74, 6) is -0.0785. The summed E-state index contributed by atoms with van der Waals surface area (Å²) >= 11 is 0. The minimum atomic E-state index is -0.790. The van der Waals surface area contributed by atoms with Crippen molar-refractivity contribution in [2.45, 2.75) is 32.2 Å². The van der Waals surface area contributed by atoms with Gasteiger partial charge >= 0.3 is 5.97 Å². The molecule has 1 aliphatic rings. The summed E-state index contributed by atoms with van der Waals surface area (Å²) in [6.07, 6.45) is 1.71. The molecule has 4 nitrogen and oxygen atoms in total. The van der Waals surface area contributed by atoms with Crippen molar-refractivity contribution >= 4 is 11.9 Å². The van der Waals surface area contributed by atoms with Crippen LogP contribution < -0.4 is 0 Å². The van der Waals surface area contributed by atoms with Gasteiger partial charge in [-0.15, -0.1) is 0 Å². The van der Waals surface area contributed by atoms with Crippen LogP contribution in [-0.2, 0) is 9.53 Å². The van der Waals surface area contributed by atoms with Crippen molar-refractivity contribution in [3.05, 3.63) is 0 Å². The highest BCUT2D eigenvalue weighted by Crippen LogP contribution is 2.16. The van der Waals surface area contributed by atoms with E-state index >= 15 is 0 Å². The molecule has 1 rings (SSSR count). The number of aliphatic imine (C=N–C) groups is 1.